The minimum atomic E-state index is -1.09. The fraction of sp³-hybridized carbons (Fsp3) is 0.556. The highest BCUT2D eigenvalue weighted by Gasteiger charge is 2.09. The summed E-state index contributed by atoms with van der Waals surface area (Å²) >= 11 is 0. The lowest BCUT2D eigenvalue weighted by atomic mass is 10.2. The number of esters is 1. The van der Waals surface area contributed by atoms with Gasteiger partial charge in [-0.25, -0.2) is 4.79 Å². The molecule has 13 heavy (non-hydrogen) atoms. The maximum Gasteiger partial charge on any atom is 0.333 e. The van der Waals surface area contributed by atoms with Crippen LogP contribution in [0, 0.1) is 0 Å². The molecule has 4 nitrogen and oxygen atoms in total. The summed E-state index contributed by atoms with van der Waals surface area (Å²) in [6, 6.07) is 0. The predicted molar refractivity (Wildman–Crippen MR) is 49.4 cm³/mol. The van der Waals surface area contributed by atoms with Crippen molar-refractivity contribution in [3.63, 3.8) is 0 Å². The predicted octanol–water partition coefficient (Wildman–Crippen LogP) is 1.61. The Morgan fingerprint density at radius 3 is 2.00 bits per heavy atom. The molecular formula is C9H16O4. The minimum absolute atomic E-state index is 0.0463. The molecule has 0 aromatic rings. The molecule has 0 aromatic heterocycles. The summed E-state index contributed by atoms with van der Waals surface area (Å²) in [6.07, 6.45) is 0.882. The van der Waals surface area contributed by atoms with E-state index in [2.05, 4.69) is 25.2 Å². The van der Waals surface area contributed by atoms with Crippen molar-refractivity contribution in [2.45, 2.75) is 26.7 Å². The van der Waals surface area contributed by atoms with Gasteiger partial charge in [-0.1, -0.05) is 26.8 Å². The van der Waals surface area contributed by atoms with E-state index in [-0.39, 0.29) is 12.0 Å². The summed E-state index contributed by atoms with van der Waals surface area (Å²) in [7, 11) is 1.18. The number of carboxylic acid groups (broad SMARTS) is 1. The minimum Gasteiger partial charge on any atom is -0.481 e. The van der Waals surface area contributed by atoms with Crippen LogP contribution in [-0.2, 0) is 14.3 Å². The number of aliphatic carboxylic acids is 1. The van der Waals surface area contributed by atoms with Crippen molar-refractivity contribution in [1.82, 2.24) is 0 Å². The number of carbonyl (C=O) groups is 2. The second-order valence-corrected chi connectivity index (χ2v) is 2.37. The second kappa shape index (κ2) is 8.77. The third kappa shape index (κ3) is 10.7. The topological polar surface area (TPSA) is 63.6 Å². The first-order chi connectivity index (χ1) is 5.99. The average molecular weight is 188 g/mol. The van der Waals surface area contributed by atoms with Crippen LogP contribution >= 0.6 is 0 Å². The van der Waals surface area contributed by atoms with Crippen molar-refractivity contribution >= 4 is 11.9 Å². The normalized spacial score (nSPS) is 7.92. The standard InChI is InChI=1S/C6H8O4.C3H8/c1-4(3-5(7)8)6(9)10-2;1-3-2/h1,3H2,2H3,(H,7,8);3H2,1-2H3. The van der Waals surface area contributed by atoms with Crippen molar-refractivity contribution < 1.29 is 19.4 Å². The van der Waals surface area contributed by atoms with Gasteiger partial charge in [0.2, 0.25) is 0 Å². The van der Waals surface area contributed by atoms with E-state index in [0.29, 0.717) is 0 Å². The van der Waals surface area contributed by atoms with Gasteiger partial charge in [0.05, 0.1) is 13.5 Å². The van der Waals surface area contributed by atoms with Crippen molar-refractivity contribution in [3.05, 3.63) is 12.2 Å². The zero-order valence-corrected chi connectivity index (χ0v) is 8.29. The molecule has 1 N–H and O–H groups in total. The largest absolute Gasteiger partial charge is 0.481 e. The molecule has 0 amide bonds. The van der Waals surface area contributed by atoms with Gasteiger partial charge in [-0.3, -0.25) is 4.79 Å². The number of carboxylic acids is 1. The Balaban J connectivity index is 0. The Morgan fingerprint density at radius 1 is 1.38 bits per heavy atom. The fourth-order valence-electron chi connectivity index (χ4n) is 0.399. The molecule has 0 unspecified atom stereocenters. The number of methoxy groups -OCH3 is 1. The molecule has 0 saturated carbocycles. The molecule has 0 spiro atoms. The van der Waals surface area contributed by atoms with Gasteiger partial charge in [0, 0.05) is 5.57 Å². The van der Waals surface area contributed by atoms with E-state index in [4.69, 9.17) is 5.11 Å². The zero-order chi connectivity index (χ0) is 10.9. The van der Waals surface area contributed by atoms with Gasteiger partial charge in [0.1, 0.15) is 0 Å². The average Bonchev–Trinajstić information content (AvgIpc) is 2.03. The van der Waals surface area contributed by atoms with Crippen LogP contribution in [0.5, 0.6) is 0 Å². The number of carbonyl (C=O) groups excluding carboxylic acids is 1. The molecule has 0 aliphatic carbocycles. The van der Waals surface area contributed by atoms with Crippen LogP contribution in [-0.4, -0.2) is 24.2 Å². The molecule has 0 fully saturated rings. The summed E-state index contributed by atoms with van der Waals surface area (Å²) in [4.78, 5) is 20.4. The van der Waals surface area contributed by atoms with E-state index in [1.807, 2.05) is 0 Å². The Hall–Kier alpha value is -1.32. The molecule has 0 aliphatic rings. The first-order valence-corrected chi connectivity index (χ1v) is 3.97. The van der Waals surface area contributed by atoms with Gasteiger partial charge in [0.25, 0.3) is 0 Å². The van der Waals surface area contributed by atoms with Gasteiger partial charge in [-0.05, 0) is 0 Å². The van der Waals surface area contributed by atoms with Crippen LogP contribution in [0.25, 0.3) is 0 Å². The van der Waals surface area contributed by atoms with Crippen molar-refractivity contribution in [1.29, 1.82) is 0 Å². The third-order valence-corrected chi connectivity index (χ3v) is 0.839. The van der Waals surface area contributed by atoms with Gasteiger partial charge >= 0.3 is 11.9 Å². The van der Waals surface area contributed by atoms with E-state index < -0.39 is 11.9 Å². The molecule has 0 radical (unpaired) electrons. The molecule has 0 bridgehead atoms. The van der Waals surface area contributed by atoms with Crippen LogP contribution < -0.4 is 0 Å². The monoisotopic (exact) mass is 188 g/mol. The number of hydrogen-bond acceptors (Lipinski definition) is 3. The second-order valence-electron chi connectivity index (χ2n) is 2.37. The van der Waals surface area contributed by atoms with Crippen LogP contribution in [0.4, 0.5) is 0 Å². The van der Waals surface area contributed by atoms with E-state index in [1.165, 1.54) is 13.5 Å². The van der Waals surface area contributed by atoms with Gasteiger partial charge in [-0.2, -0.15) is 0 Å². The lowest BCUT2D eigenvalue weighted by molar-refractivity contribution is -0.141. The molecule has 0 saturated heterocycles. The summed E-state index contributed by atoms with van der Waals surface area (Å²) < 4.78 is 4.21. The number of ether oxygens (including phenoxy) is 1. The molecule has 0 atom stereocenters. The van der Waals surface area contributed by atoms with Gasteiger partial charge in [0.15, 0.2) is 0 Å². The molecular weight excluding hydrogens is 172 g/mol. The number of rotatable bonds is 3. The summed E-state index contributed by atoms with van der Waals surface area (Å²) in [5, 5.41) is 8.16. The van der Waals surface area contributed by atoms with E-state index >= 15 is 0 Å². The highest BCUT2D eigenvalue weighted by Crippen LogP contribution is 1.98. The highest BCUT2D eigenvalue weighted by atomic mass is 16.5. The van der Waals surface area contributed by atoms with E-state index in [1.54, 1.807) is 0 Å². The highest BCUT2D eigenvalue weighted by molar-refractivity contribution is 5.92. The fourth-order valence-corrected chi connectivity index (χ4v) is 0.399. The van der Waals surface area contributed by atoms with Crippen LogP contribution in [0.2, 0.25) is 0 Å². The maximum absolute atomic E-state index is 10.5. The molecule has 0 aliphatic heterocycles. The first kappa shape index (κ1) is 14.2. The van der Waals surface area contributed by atoms with E-state index in [0.717, 1.165) is 0 Å². The Kier molecular flexibility index (Phi) is 9.60. The lowest BCUT2D eigenvalue weighted by Crippen LogP contribution is -2.07. The number of hydrogen-bond donors (Lipinski definition) is 1. The molecule has 4 heteroatoms. The van der Waals surface area contributed by atoms with Gasteiger partial charge in [-0.15, -0.1) is 0 Å². The smallest absolute Gasteiger partial charge is 0.333 e. The molecule has 0 heterocycles. The van der Waals surface area contributed by atoms with Crippen LogP contribution in [0.15, 0.2) is 12.2 Å². The van der Waals surface area contributed by atoms with Crippen LogP contribution in [0.1, 0.15) is 26.7 Å². The van der Waals surface area contributed by atoms with Crippen LogP contribution in [0.3, 0.4) is 0 Å². The zero-order valence-electron chi connectivity index (χ0n) is 8.29. The summed E-state index contributed by atoms with van der Waals surface area (Å²) in [6.45, 7) is 7.46. The lowest BCUT2D eigenvalue weighted by Gasteiger charge is -1.97. The van der Waals surface area contributed by atoms with E-state index in [9.17, 15) is 9.59 Å². The SMILES string of the molecule is C=C(CC(=O)O)C(=O)OC.CCC. The maximum atomic E-state index is 10.5. The van der Waals surface area contributed by atoms with Crippen molar-refractivity contribution in [2.75, 3.05) is 7.11 Å². The Morgan fingerprint density at radius 2 is 1.77 bits per heavy atom. The molecule has 0 rings (SSSR count). The third-order valence-electron chi connectivity index (χ3n) is 0.839. The van der Waals surface area contributed by atoms with Crippen molar-refractivity contribution in [2.24, 2.45) is 0 Å². The molecule has 0 aromatic carbocycles. The Bertz CT molecular complexity index is 184. The first-order valence-electron chi connectivity index (χ1n) is 3.97. The summed E-state index contributed by atoms with van der Waals surface area (Å²) in [5.74, 6) is -1.77. The Labute approximate surface area is 78.2 Å². The van der Waals surface area contributed by atoms with Crippen molar-refractivity contribution in [3.8, 4) is 0 Å². The quantitative estimate of drug-likeness (QED) is 0.539. The van der Waals surface area contributed by atoms with Gasteiger partial charge < -0.3 is 9.84 Å². The summed E-state index contributed by atoms with van der Waals surface area (Å²) in [5.41, 5.74) is -0.0463. The molecule has 76 valence electrons.